The molecule has 0 heterocycles. The molecule has 2 rings (SSSR count). The summed E-state index contributed by atoms with van der Waals surface area (Å²) in [5.74, 6) is 0.570. The zero-order chi connectivity index (χ0) is 15.1. The lowest BCUT2D eigenvalue weighted by atomic mass is 10.1. The number of amides is 1. The number of ether oxygens (including phenoxy) is 1. The third-order valence-electron chi connectivity index (χ3n) is 2.78. The van der Waals surface area contributed by atoms with E-state index >= 15 is 0 Å². The average molecular weight is 347 g/mol. The van der Waals surface area contributed by atoms with Crippen molar-refractivity contribution in [1.82, 2.24) is 5.43 Å². The predicted octanol–water partition coefficient (Wildman–Crippen LogP) is 3.15. The number of hydrogen-bond acceptors (Lipinski definition) is 3. The molecule has 0 spiro atoms. The third kappa shape index (κ3) is 4.72. The molecule has 0 radical (unpaired) electrons. The largest absolute Gasteiger partial charge is 0.496 e. The summed E-state index contributed by atoms with van der Waals surface area (Å²) in [7, 11) is 1.60. The maximum Gasteiger partial charge on any atom is 0.244 e. The van der Waals surface area contributed by atoms with Gasteiger partial charge < -0.3 is 4.74 Å². The number of nitrogens with zero attached hydrogens (tertiary/aromatic N) is 1. The molecule has 4 nitrogen and oxygen atoms in total. The van der Waals surface area contributed by atoms with Gasteiger partial charge in [-0.15, -0.1) is 0 Å². The summed E-state index contributed by atoms with van der Waals surface area (Å²) < 4.78 is 5.97. The van der Waals surface area contributed by atoms with Gasteiger partial charge in [0.05, 0.1) is 24.2 Å². The lowest BCUT2D eigenvalue weighted by Gasteiger charge is -2.05. The van der Waals surface area contributed by atoms with Crippen LogP contribution >= 0.6 is 15.9 Å². The summed E-state index contributed by atoms with van der Waals surface area (Å²) in [5.41, 5.74) is 4.33. The van der Waals surface area contributed by atoms with Crippen LogP contribution in [0.1, 0.15) is 11.1 Å². The van der Waals surface area contributed by atoms with Crippen LogP contribution in [0.25, 0.3) is 0 Å². The van der Waals surface area contributed by atoms with Gasteiger partial charge in [-0.2, -0.15) is 5.10 Å². The Balaban J connectivity index is 1.90. The fraction of sp³-hybridized carbons (Fsp3) is 0.125. The molecule has 0 atom stereocenters. The molecule has 5 heteroatoms. The Labute approximate surface area is 132 Å². The van der Waals surface area contributed by atoms with Crippen LogP contribution in [-0.4, -0.2) is 19.2 Å². The summed E-state index contributed by atoms with van der Waals surface area (Å²) in [5, 5.41) is 3.93. The van der Waals surface area contributed by atoms with Crippen LogP contribution in [0.3, 0.4) is 0 Å². The second-order valence-electron chi connectivity index (χ2n) is 4.35. The van der Waals surface area contributed by atoms with Crippen molar-refractivity contribution in [2.24, 2.45) is 5.10 Å². The van der Waals surface area contributed by atoms with Gasteiger partial charge in [0.25, 0.3) is 0 Å². The number of rotatable bonds is 5. The van der Waals surface area contributed by atoms with Crippen molar-refractivity contribution in [3.05, 3.63) is 64.1 Å². The molecular weight excluding hydrogens is 332 g/mol. The van der Waals surface area contributed by atoms with E-state index < -0.39 is 0 Å². The first-order chi connectivity index (χ1) is 10.2. The van der Waals surface area contributed by atoms with Crippen molar-refractivity contribution in [3.8, 4) is 5.75 Å². The monoisotopic (exact) mass is 346 g/mol. The van der Waals surface area contributed by atoms with Gasteiger partial charge in [-0.25, -0.2) is 5.43 Å². The fourth-order valence-corrected chi connectivity index (χ4v) is 2.35. The van der Waals surface area contributed by atoms with Gasteiger partial charge in [0.2, 0.25) is 5.91 Å². The number of carbonyl (C=O) groups is 1. The fourth-order valence-electron chi connectivity index (χ4n) is 1.76. The molecule has 0 saturated heterocycles. The Morgan fingerprint density at radius 2 is 2.05 bits per heavy atom. The molecular formula is C16H15BrN2O2. The van der Waals surface area contributed by atoms with E-state index in [0.717, 1.165) is 21.3 Å². The van der Waals surface area contributed by atoms with Crippen LogP contribution < -0.4 is 10.2 Å². The van der Waals surface area contributed by atoms with E-state index in [2.05, 4.69) is 26.5 Å². The van der Waals surface area contributed by atoms with Crippen molar-refractivity contribution in [2.75, 3.05) is 7.11 Å². The lowest BCUT2D eigenvalue weighted by Crippen LogP contribution is -2.19. The first-order valence-corrected chi connectivity index (χ1v) is 7.17. The minimum Gasteiger partial charge on any atom is -0.496 e. The van der Waals surface area contributed by atoms with Crippen molar-refractivity contribution in [1.29, 1.82) is 0 Å². The number of carbonyl (C=O) groups excluding carboxylic acids is 1. The molecule has 0 saturated carbocycles. The second kappa shape index (κ2) is 7.59. The first kappa shape index (κ1) is 15.3. The van der Waals surface area contributed by atoms with Crippen LogP contribution in [0.15, 0.2) is 58.1 Å². The van der Waals surface area contributed by atoms with Gasteiger partial charge in [-0.05, 0) is 39.2 Å². The van der Waals surface area contributed by atoms with Crippen molar-refractivity contribution in [3.63, 3.8) is 0 Å². The number of nitrogens with one attached hydrogen (secondary N) is 1. The molecule has 1 amide bonds. The van der Waals surface area contributed by atoms with Gasteiger partial charge in [-0.1, -0.05) is 36.4 Å². The highest BCUT2D eigenvalue weighted by molar-refractivity contribution is 9.10. The first-order valence-electron chi connectivity index (χ1n) is 6.38. The molecule has 2 aromatic carbocycles. The second-order valence-corrected chi connectivity index (χ2v) is 5.20. The number of methoxy groups -OCH3 is 1. The van der Waals surface area contributed by atoms with Crippen molar-refractivity contribution in [2.45, 2.75) is 6.42 Å². The van der Waals surface area contributed by atoms with E-state index in [9.17, 15) is 4.79 Å². The van der Waals surface area contributed by atoms with Crippen LogP contribution in [0.4, 0.5) is 0 Å². The molecule has 0 bridgehead atoms. The maximum atomic E-state index is 11.8. The van der Waals surface area contributed by atoms with Gasteiger partial charge in [-0.3, -0.25) is 4.79 Å². The molecule has 21 heavy (non-hydrogen) atoms. The van der Waals surface area contributed by atoms with E-state index in [1.54, 1.807) is 13.3 Å². The quantitative estimate of drug-likeness (QED) is 0.667. The molecule has 2 aromatic rings. The van der Waals surface area contributed by atoms with E-state index in [1.807, 2.05) is 48.5 Å². The van der Waals surface area contributed by atoms with Crippen molar-refractivity contribution >= 4 is 28.1 Å². The highest BCUT2D eigenvalue weighted by Gasteiger charge is 2.05. The molecule has 0 aromatic heterocycles. The van der Waals surface area contributed by atoms with Crippen molar-refractivity contribution < 1.29 is 9.53 Å². The Bertz CT molecular complexity index is 642. The Morgan fingerprint density at radius 1 is 1.29 bits per heavy atom. The molecule has 0 fully saturated rings. The molecule has 108 valence electrons. The van der Waals surface area contributed by atoms with Gasteiger partial charge in [0.1, 0.15) is 5.75 Å². The number of hydrazone groups is 1. The Morgan fingerprint density at radius 3 is 2.71 bits per heavy atom. The minimum atomic E-state index is -0.167. The Kier molecular flexibility index (Phi) is 5.51. The molecule has 0 aliphatic carbocycles. The average Bonchev–Trinajstić information content (AvgIpc) is 2.48. The van der Waals surface area contributed by atoms with Gasteiger partial charge in [0.15, 0.2) is 0 Å². The molecule has 1 N–H and O–H groups in total. The zero-order valence-corrected chi connectivity index (χ0v) is 13.1. The normalized spacial score (nSPS) is 10.6. The minimum absolute atomic E-state index is 0.167. The summed E-state index contributed by atoms with van der Waals surface area (Å²) in [6.07, 6.45) is 1.87. The maximum absolute atomic E-state index is 11.8. The lowest BCUT2D eigenvalue weighted by molar-refractivity contribution is -0.120. The zero-order valence-electron chi connectivity index (χ0n) is 11.5. The number of hydrogen-bond donors (Lipinski definition) is 1. The van der Waals surface area contributed by atoms with Gasteiger partial charge >= 0.3 is 0 Å². The summed E-state index contributed by atoms with van der Waals surface area (Å²) in [6, 6.07) is 15.1. The van der Waals surface area contributed by atoms with Crippen LogP contribution in [-0.2, 0) is 11.2 Å². The van der Waals surface area contributed by atoms with E-state index in [1.165, 1.54) is 0 Å². The highest BCUT2D eigenvalue weighted by Crippen LogP contribution is 2.25. The van der Waals surface area contributed by atoms with Crippen LogP contribution in [0.5, 0.6) is 5.75 Å². The molecule has 0 unspecified atom stereocenters. The van der Waals surface area contributed by atoms with Gasteiger partial charge in [0, 0.05) is 0 Å². The SMILES string of the molecule is COc1ccc(CC(=O)N/N=C\c2ccccc2)cc1Br. The summed E-state index contributed by atoms with van der Waals surface area (Å²) in [6.45, 7) is 0. The standard InChI is InChI=1S/C16H15BrN2O2/c1-21-15-8-7-13(9-14(15)17)10-16(20)19-18-11-12-5-3-2-4-6-12/h2-9,11H,10H2,1H3,(H,19,20)/b18-11-. The summed E-state index contributed by atoms with van der Waals surface area (Å²) in [4.78, 5) is 11.8. The molecule has 0 aliphatic heterocycles. The molecule has 0 aliphatic rings. The number of halogens is 1. The van der Waals surface area contributed by atoms with E-state index in [4.69, 9.17) is 4.74 Å². The van der Waals surface area contributed by atoms with E-state index in [-0.39, 0.29) is 12.3 Å². The highest BCUT2D eigenvalue weighted by atomic mass is 79.9. The third-order valence-corrected chi connectivity index (χ3v) is 3.40. The smallest absolute Gasteiger partial charge is 0.244 e. The Hall–Kier alpha value is -2.14. The van der Waals surface area contributed by atoms with Crippen LogP contribution in [0.2, 0.25) is 0 Å². The van der Waals surface area contributed by atoms with E-state index in [0.29, 0.717) is 0 Å². The number of benzene rings is 2. The topological polar surface area (TPSA) is 50.7 Å². The van der Waals surface area contributed by atoms with Crippen LogP contribution in [0, 0.1) is 0 Å². The predicted molar refractivity (Wildman–Crippen MR) is 86.6 cm³/mol. The summed E-state index contributed by atoms with van der Waals surface area (Å²) >= 11 is 3.39.